The molecule has 2 heterocycles. The van der Waals surface area contributed by atoms with Crippen LogP contribution in [0.2, 0.25) is 0 Å². The lowest BCUT2D eigenvalue weighted by Crippen LogP contribution is -2.05. The SMILES string of the molecule is NCl.O=C(c1ncc[nH]1)c1ncc[nH]1. The number of carbonyl (C=O) groups is 1. The Kier molecular flexibility index (Phi) is 3.84. The number of aromatic amines is 2. The first-order valence-corrected chi connectivity index (χ1v) is 4.07. The molecule has 2 rings (SSSR count). The van der Waals surface area contributed by atoms with Crippen LogP contribution in [0.25, 0.3) is 0 Å². The fourth-order valence-electron chi connectivity index (χ4n) is 0.891. The van der Waals surface area contributed by atoms with Crippen LogP contribution in [0.15, 0.2) is 24.8 Å². The highest BCUT2D eigenvalue weighted by molar-refractivity contribution is 6.11. The molecule has 6 nitrogen and oxygen atoms in total. The lowest BCUT2D eigenvalue weighted by molar-refractivity contribution is 0.102. The molecule has 2 aromatic heterocycles. The summed E-state index contributed by atoms with van der Waals surface area (Å²) in [6, 6.07) is 0. The van der Waals surface area contributed by atoms with Gasteiger partial charge in [0.2, 0.25) is 0 Å². The van der Waals surface area contributed by atoms with Crippen LogP contribution in [0.1, 0.15) is 16.4 Å². The molecule has 74 valence electrons. The first-order chi connectivity index (χ1) is 6.88. The second kappa shape index (κ2) is 5.15. The van der Waals surface area contributed by atoms with Gasteiger partial charge in [-0.3, -0.25) is 4.79 Å². The van der Waals surface area contributed by atoms with Gasteiger partial charge >= 0.3 is 0 Å². The molecule has 4 N–H and O–H groups in total. The molecule has 0 radical (unpaired) electrons. The number of hydrogen-bond acceptors (Lipinski definition) is 4. The molecule has 0 aliphatic heterocycles. The maximum absolute atomic E-state index is 11.4. The Morgan fingerprint density at radius 1 is 1.14 bits per heavy atom. The molecule has 14 heavy (non-hydrogen) atoms. The fraction of sp³-hybridized carbons (Fsp3) is 0. The van der Waals surface area contributed by atoms with Crippen LogP contribution in [0.5, 0.6) is 0 Å². The van der Waals surface area contributed by atoms with E-state index in [9.17, 15) is 4.79 Å². The van der Waals surface area contributed by atoms with Gasteiger partial charge in [0.25, 0.3) is 5.78 Å². The molecule has 7 heteroatoms. The van der Waals surface area contributed by atoms with Crippen molar-refractivity contribution in [2.75, 3.05) is 0 Å². The van der Waals surface area contributed by atoms with Crippen LogP contribution in [0.4, 0.5) is 0 Å². The van der Waals surface area contributed by atoms with E-state index >= 15 is 0 Å². The third-order valence-electron chi connectivity index (χ3n) is 1.43. The van der Waals surface area contributed by atoms with Gasteiger partial charge in [-0.05, 0) is 11.8 Å². The van der Waals surface area contributed by atoms with Crippen molar-refractivity contribution in [2.24, 2.45) is 5.25 Å². The third-order valence-corrected chi connectivity index (χ3v) is 1.43. The lowest BCUT2D eigenvalue weighted by Gasteiger charge is -1.89. The van der Waals surface area contributed by atoms with Gasteiger partial charge < -0.3 is 9.97 Å². The number of imidazole rings is 2. The molecule has 0 aromatic carbocycles. The smallest absolute Gasteiger partial charge is 0.263 e. The summed E-state index contributed by atoms with van der Waals surface area (Å²) >= 11 is 4.14. The summed E-state index contributed by atoms with van der Waals surface area (Å²) in [5.74, 6) is 0.361. The van der Waals surface area contributed by atoms with Gasteiger partial charge in [0.05, 0.1) is 0 Å². The highest BCUT2D eigenvalue weighted by atomic mass is 35.5. The molecule has 0 atom stereocenters. The Morgan fingerprint density at radius 3 is 1.86 bits per heavy atom. The topological polar surface area (TPSA) is 100 Å². The largest absolute Gasteiger partial charge is 0.342 e. The van der Waals surface area contributed by atoms with E-state index in [1.165, 1.54) is 12.4 Å². The van der Waals surface area contributed by atoms with Crippen molar-refractivity contribution in [1.82, 2.24) is 19.9 Å². The quantitative estimate of drug-likeness (QED) is 0.498. The number of rotatable bonds is 2. The number of hydrogen-bond donors (Lipinski definition) is 3. The highest BCUT2D eigenvalue weighted by Gasteiger charge is 2.12. The summed E-state index contributed by atoms with van der Waals surface area (Å²) in [6.45, 7) is 0. The van der Waals surface area contributed by atoms with E-state index < -0.39 is 0 Å². The van der Waals surface area contributed by atoms with Gasteiger partial charge in [-0.25, -0.2) is 15.2 Å². The van der Waals surface area contributed by atoms with E-state index in [1.54, 1.807) is 12.4 Å². The van der Waals surface area contributed by atoms with E-state index in [0.717, 1.165) is 0 Å². The molecule has 0 saturated heterocycles. The van der Waals surface area contributed by atoms with Crippen molar-refractivity contribution in [3.8, 4) is 0 Å². The maximum Gasteiger partial charge on any atom is 0.263 e. The molecule has 0 saturated carbocycles. The average Bonchev–Trinajstić information content (AvgIpc) is 2.93. The first kappa shape index (κ1) is 10.4. The van der Waals surface area contributed by atoms with Gasteiger partial charge in [0, 0.05) is 24.8 Å². The molecule has 0 aliphatic carbocycles. The minimum absolute atomic E-state index is 0.231. The third kappa shape index (κ3) is 2.18. The normalized spacial score (nSPS) is 9.00. The summed E-state index contributed by atoms with van der Waals surface area (Å²) < 4.78 is 0. The Balaban J connectivity index is 0.000000461. The van der Waals surface area contributed by atoms with Crippen LogP contribution >= 0.6 is 11.8 Å². The predicted molar refractivity (Wildman–Crippen MR) is 50.6 cm³/mol. The second-order valence-electron chi connectivity index (χ2n) is 2.20. The van der Waals surface area contributed by atoms with Crippen LogP contribution in [-0.2, 0) is 0 Å². The number of halogens is 1. The number of nitrogens with two attached hydrogens (primary N) is 1. The summed E-state index contributed by atoms with van der Waals surface area (Å²) in [7, 11) is 0. The minimum atomic E-state index is -0.231. The molecule has 0 amide bonds. The fourth-order valence-corrected chi connectivity index (χ4v) is 0.891. The number of aromatic nitrogens is 4. The van der Waals surface area contributed by atoms with Crippen LogP contribution in [-0.4, -0.2) is 25.7 Å². The van der Waals surface area contributed by atoms with Gasteiger partial charge in [0.1, 0.15) is 0 Å². The minimum Gasteiger partial charge on any atom is -0.342 e. The highest BCUT2D eigenvalue weighted by Crippen LogP contribution is 1.98. The standard InChI is InChI=1S/C7H6N4O.ClH2N/c12-5(6-8-1-2-9-6)7-10-3-4-11-7;1-2/h1-4H,(H,8,9)(H,10,11);2H2. The second-order valence-corrected chi connectivity index (χ2v) is 2.20. The van der Waals surface area contributed by atoms with Gasteiger partial charge in [-0.2, -0.15) is 0 Å². The molecule has 0 fully saturated rings. The van der Waals surface area contributed by atoms with Crippen molar-refractivity contribution in [1.29, 1.82) is 0 Å². The number of carbonyl (C=O) groups excluding carboxylic acids is 1. The van der Waals surface area contributed by atoms with Crippen molar-refractivity contribution in [3.63, 3.8) is 0 Å². The zero-order chi connectivity index (χ0) is 10.4. The number of nitrogens with one attached hydrogen (secondary N) is 2. The molecule has 0 spiro atoms. The average molecular weight is 214 g/mol. The van der Waals surface area contributed by atoms with Crippen LogP contribution in [0.3, 0.4) is 0 Å². The lowest BCUT2D eigenvalue weighted by atomic mass is 10.3. The molecular weight excluding hydrogens is 206 g/mol. The van der Waals surface area contributed by atoms with E-state index in [1.807, 2.05) is 0 Å². The number of nitrogens with zero attached hydrogens (tertiary/aromatic N) is 2. The van der Waals surface area contributed by atoms with E-state index in [-0.39, 0.29) is 5.78 Å². The Hall–Kier alpha value is -1.66. The van der Waals surface area contributed by atoms with Crippen LogP contribution in [0, 0.1) is 0 Å². The number of ketones is 1. The van der Waals surface area contributed by atoms with Crippen molar-refractivity contribution in [2.45, 2.75) is 0 Å². The van der Waals surface area contributed by atoms with E-state index in [0.29, 0.717) is 11.6 Å². The van der Waals surface area contributed by atoms with Crippen molar-refractivity contribution >= 4 is 17.6 Å². The zero-order valence-corrected chi connectivity index (χ0v) is 7.82. The summed E-state index contributed by atoms with van der Waals surface area (Å²) in [5.41, 5.74) is 0. The Labute approximate surface area is 84.6 Å². The maximum atomic E-state index is 11.4. The van der Waals surface area contributed by atoms with E-state index in [4.69, 9.17) is 0 Å². The van der Waals surface area contributed by atoms with Crippen molar-refractivity contribution < 1.29 is 4.79 Å². The summed E-state index contributed by atoms with van der Waals surface area (Å²) in [6.07, 6.45) is 6.23. The molecule has 2 aromatic rings. The Morgan fingerprint density at radius 2 is 1.57 bits per heavy atom. The monoisotopic (exact) mass is 213 g/mol. The van der Waals surface area contributed by atoms with Crippen LogP contribution < -0.4 is 5.25 Å². The van der Waals surface area contributed by atoms with E-state index in [2.05, 4.69) is 37.0 Å². The van der Waals surface area contributed by atoms with Gasteiger partial charge in [-0.15, -0.1) is 0 Å². The predicted octanol–water partition coefficient (Wildman–Crippen LogP) is 0.463. The van der Waals surface area contributed by atoms with Gasteiger partial charge in [-0.1, -0.05) is 0 Å². The summed E-state index contributed by atoms with van der Waals surface area (Å²) in [5, 5.41) is 3.97. The number of H-pyrrole nitrogens is 2. The van der Waals surface area contributed by atoms with Crippen molar-refractivity contribution in [3.05, 3.63) is 36.4 Å². The first-order valence-electron chi connectivity index (χ1n) is 3.63. The molecule has 0 aliphatic rings. The molecular formula is C7H8ClN5O. The molecule has 0 bridgehead atoms. The molecule has 0 unspecified atom stereocenters. The zero-order valence-electron chi connectivity index (χ0n) is 7.07. The van der Waals surface area contributed by atoms with Gasteiger partial charge in [0.15, 0.2) is 11.6 Å². The summed E-state index contributed by atoms with van der Waals surface area (Å²) in [4.78, 5) is 24.4. The Bertz CT molecular complexity index is 332.